The van der Waals surface area contributed by atoms with E-state index >= 15 is 0 Å². The average molecular weight is 502 g/mol. The molecule has 2 aliphatic rings. The third kappa shape index (κ3) is 3.92. The van der Waals surface area contributed by atoms with Crippen LogP contribution in [0.1, 0.15) is 43.0 Å². The zero-order valence-electron chi connectivity index (χ0n) is 17.6. The van der Waals surface area contributed by atoms with Gasteiger partial charge in [0.25, 0.3) is 0 Å². The maximum absolute atomic E-state index is 12.1. The predicted octanol–water partition coefficient (Wildman–Crippen LogP) is 6.33. The molecule has 162 valence electrons. The van der Waals surface area contributed by atoms with Gasteiger partial charge in [-0.25, -0.2) is 0 Å². The van der Waals surface area contributed by atoms with Crippen LogP contribution in [-0.4, -0.2) is 40.0 Å². The molecule has 2 bridgehead atoms. The molecule has 0 N–H and O–H groups in total. The van der Waals surface area contributed by atoms with E-state index in [0.717, 1.165) is 52.6 Å². The number of hydrogen-bond donors (Lipinski definition) is 0. The monoisotopic (exact) mass is 500 g/mol. The predicted molar refractivity (Wildman–Crippen MR) is 128 cm³/mol. The van der Waals surface area contributed by atoms with E-state index in [0.29, 0.717) is 17.1 Å². The van der Waals surface area contributed by atoms with Gasteiger partial charge in [0.15, 0.2) is 5.78 Å². The van der Waals surface area contributed by atoms with Gasteiger partial charge in [-0.05, 0) is 60.3 Å². The second kappa shape index (κ2) is 8.61. The first-order valence-corrected chi connectivity index (χ1v) is 12.1. The number of Topliss-reactive ketones (excluding diaryl/α,β-unsaturated/α-hetero) is 1. The summed E-state index contributed by atoms with van der Waals surface area (Å²) in [5.41, 5.74) is 1.91. The molecule has 5 rings (SSSR count). The number of rotatable bonds is 7. The number of carbonyl (C=O) groups excluding carboxylic acids is 1. The number of para-hydroxylation sites is 2. The van der Waals surface area contributed by atoms with Gasteiger partial charge in [-0.15, -0.1) is 0 Å². The Morgan fingerprint density at radius 1 is 1.16 bits per heavy atom. The molecular formula is C25H26BrClN2O2. The van der Waals surface area contributed by atoms with Gasteiger partial charge in [-0.1, -0.05) is 35.9 Å². The molecule has 6 heteroatoms. The molecule has 0 radical (unpaired) electrons. The van der Waals surface area contributed by atoms with Gasteiger partial charge in [0.2, 0.25) is 0 Å². The highest BCUT2D eigenvalue weighted by molar-refractivity contribution is 9.10. The third-order valence-electron chi connectivity index (χ3n) is 6.78. The summed E-state index contributed by atoms with van der Waals surface area (Å²) < 4.78 is 9.58. The Bertz CT molecular complexity index is 1130. The molecule has 2 aromatic carbocycles. The quantitative estimate of drug-likeness (QED) is 0.355. The Morgan fingerprint density at radius 2 is 2.00 bits per heavy atom. The minimum atomic E-state index is 0.110. The Kier molecular flexibility index (Phi) is 5.84. The summed E-state index contributed by atoms with van der Waals surface area (Å²) in [7, 11) is 0. The van der Waals surface area contributed by atoms with Gasteiger partial charge in [0.1, 0.15) is 11.9 Å². The lowest BCUT2D eigenvalue weighted by atomic mass is 9.98. The van der Waals surface area contributed by atoms with Crippen molar-refractivity contribution < 1.29 is 9.53 Å². The number of nitrogens with zero attached hydrogens (tertiary/aromatic N) is 2. The largest absolute Gasteiger partial charge is 0.487 e. The lowest BCUT2D eigenvalue weighted by Gasteiger charge is -2.25. The first-order chi connectivity index (χ1) is 15.0. The molecule has 0 amide bonds. The number of ether oxygens (including phenoxy) is 1. The van der Waals surface area contributed by atoms with E-state index in [1.165, 1.54) is 12.8 Å². The van der Waals surface area contributed by atoms with Crippen molar-refractivity contribution in [1.29, 1.82) is 0 Å². The fourth-order valence-corrected chi connectivity index (χ4v) is 6.19. The maximum atomic E-state index is 12.1. The van der Waals surface area contributed by atoms with E-state index < -0.39 is 0 Å². The van der Waals surface area contributed by atoms with Crippen molar-refractivity contribution in [3.8, 4) is 5.75 Å². The molecule has 2 aliphatic heterocycles. The van der Waals surface area contributed by atoms with Gasteiger partial charge < -0.3 is 9.30 Å². The van der Waals surface area contributed by atoms with Crippen LogP contribution in [0.5, 0.6) is 5.75 Å². The minimum absolute atomic E-state index is 0.110. The number of halogens is 2. The van der Waals surface area contributed by atoms with E-state index in [2.05, 4.69) is 25.4 Å². The molecule has 3 unspecified atom stereocenters. The molecule has 4 nitrogen and oxygen atoms in total. The minimum Gasteiger partial charge on any atom is -0.487 e. The summed E-state index contributed by atoms with van der Waals surface area (Å²) in [4.78, 5) is 14.7. The smallest absolute Gasteiger partial charge is 0.161 e. The number of benzene rings is 2. The molecular weight excluding hydrogens is 476 g/mol. The van der Waals surface area contributed by atoms with Crippen molar-refractivity contribution in [3.05, 3.63) is 63.7 Å². The molecule has 3 atom stereocenters. The lowest BCUT2D eigenvalue weighted by Crippen LogP contribution is -2.36. The summed E-state index contributed by atoms with van der Waals surface area (Å²) in [6.07, 6.45) is 6.77. The van der Waals surface area contributed by atoms with Gasteiger partial charge in [0, 0.05) is 53.2 Å². The van der Waals surface area contributed by atoms with E-state index in [9.17, 15) is 4.79 Å². The number of carbonyl (C=O) groups is 1. The Labute approximate surface area is 196 Å². The highest BCUT2D eigenvalue weighted by Gasteiger charge is 2.47. The van der Waals surface area contributed by atoms with Gasteiger partial charge in [0.05, 0.1) is 10.5 Å². The second-order valence-corrected chi connectivity index (χ2v) is 9.90. The van der Waals surface area contributed by atoms with Crippen LogP contribution in [0.2, 0.25) is 5.02 Å². The van der Waals surface area contributed by atoms with E-state index in [1.54, 1.807) is 6.92 Å². The molecule has 3 aromatic rings. The Hall–Kier alpha value is -1.82. The fraction of sp³-hybridized carbons (Fsp3) is 0.400. The van der Waals surface area contributed by atoms with Crippen LogP contribution in [0.25, 0.3) is 10.9 Å². The number of aryl methyl sites for hydroxylation is 1. The van der Waals surface area contributed by atoms with Crippen LogP contribution >= 0.6 is 27.5 Å². The van der Waals surface area contributed by atoms with Crippen LogP contribution in [0.3, 0.4) is 0 Å². The number of hydrogen-bond acceptors (Lipinski definition) is 3. The molecule has 0 spiro atoms. The molecule has 31 heavy (non-hydrogen) atoms. The zero-order chi connectivity index (χ0) is 21.5. The van der Waals surface area contributed by atoms with Gasteiger partial charge in [-0.3, -0.25) is 9.69 Å². The third-order valence-corrected chi connectivity index (χ3v) is 7.74. The summed E-state index contributed by atoms with van der Waals surface area (Å²) >= 11 is 9.98. The van der Waals surface area contributed by atoms with Crippen LogP contribution in [0.4, 0.5) is 0 Å². The van der Waals surface area contributed by atoms with Crippen molar-refractivity contribution in [1.82, 2.24) is 9.47 Å². The summed E-state index contributed by atoms with van der Waals surface area (Å²) in [6, 6.07) is 14.9. The highest BCUT2D eigenvalue weighted by Crippen LogP contribution is 2.40. The van der Waals surface area contributed by atoms with Crippen molar-refractivity contribution in [3.63, 3.8) is 0 Å². The first-order valence-electron chi connectivity index (χ1n) is 11.0. The van der Waals surface area contributed by atoms with Crippen LogP contribution in [0, 0.1) is 0 Å². The van der Waals surface area contributed by atoms with E-state index in [-0.39, 0.29) is 11.9 Å². The Morgan fingerprint density at radius 3 is 2.81 bits per heavy atom. The van der Waals surface area contributed by atoms with Gasteiger partial charge >= 0.3 is 0 Å². The standard InChI is InChI=1S/C25H26BrClN2O2/c1-16(30)19-15-28(25-18(19)6-4-7-20(25)26)12-5-13-29-17-10-11-22(29)24(14-17)31-23-9-3-2-8-21(23)27/h2-4,6-9,15,17,22,24H,5,10-14H2,1H3. The zero-order valence-corrected chi connectivity index (χ0v) is 19.9. The lowest BCUT2D eigenvalue weighted by molar-refractivity contribution is 0.101. The molecule has 1 aromatic heterocycles. The Balaban J connectivity index is 1.26. The number of ketones is 1. The maximum Gasteiger partial charge on any atom is 0.161 e. The summed E-state index contributed by atoms with van der Waals surface area (Å²) in [6.45, 7) is 3.57. The summed E-state index contributed by atoms with van der Waals surface area (Å²) in [5.74, 6) is 0.904. The summed E-state index contributed by atoms with van der Waals surface area (Å²) in [5, 5.41) is 1.71. The average Bonchev–Trinajstić information content (AvgIpc) is 3.41. The van der Waals surface area contributed by atoms with Gasteiger partial charge in [-0.2, -0.15) is 0 Å². The van der Waals surface area contributed by atoms with E-state index in [1.807, 2.05) is 48.7 Å². The molecule has 0 aliphatic carbocycles. The van der Waals surface area contributed by atoms with Crippen LogP contribution in [0.15, 0.2) is 53.1 Å². The van der Waals surface area contributed by atoms with Crippen molar-refractivity contribution >= 4 is 44.2 Å². The molecule has 3 heterocycles. The first kappa shape index (κ1) is 21.0. The number of fused-ring (bicyclic) bond motifs is 3. The normalized spacial score (nSPS) is 23.0. The van der Waals surface area contributed by atoms with Crippen molar-refractivity contribution in [2.75, 3.05) is 6.54 Å². The second-order valence-electron chi connectivity index (χ2n) is 8.64. The number of aromatic nitrogens is 1. The molecule has 0 saturated carbocycles. The van der Waals surface area contributed by atoms with Crippen molar-refractivity contribution in [2.24, 2.45) is 0 Å². The molecule has 2 fully saturated rings. The topological polar surface area (TPSA) is 34.5 Å². The van der Waals surface area contributed by atoms with E-state index in [4.69, 9.17) is 16.3 Å². The van der Waals surface area contributed by atoms with Crippen molar-refractivity contribution in [2.45, 2.75) is 57.3 Å². The SMILES string of the molecule is CC(=O)c1cn(CCCN2C3CCC2C(Oc2ccccc2Cl)C3)c2c(Br)cccc12. The van der Waals surface area contributed by atoms with Crippen LogP contribution < -0.4 is 4.74 Å². The fourth-order valence-electron chi connectivity index (χ4n) is 5.42. The molecule has 2 saturated heterocycles. The van der Waals surface area contributed by atoms with Crippen LogP contribution in [-0.2, 0) is 6.54 Å². The highest BCUT2D eigenvalue weighted by atomic mass is 79.9.